The van der Waals surface area contributed by atoms with E-state index in [0.29, 0.717) is 6.42 Å². The van der Waals surface area contributed by atoms with Gasteiger partial charge in [0, 0.05) is 5.92 Å². The van der Waals surface area contributed by atoms with Gasteiger partial charge in [0.05, 0.1) is 0 Å². The number of rotatable bonds is 6. The van der Waals surface area contributed by atoms with E-state index >= 15 is 0 Å². The van der Waals surface area contributed by atoms with Crippen LogP contribution in [0.4, 0.5) is 0 Å². The Morgan fingerprint density at radius 2 is 1.64 bits per heavy atom. The summed E-state index contributed by atoms with van der Waals surface area (Å²) in [4.78, 5) is 22.4. The van der Waals surface area contributed by atoms with Crippen LogP contribution in [0.1, 0.15) is 40.0 Å². The lowest BCUT2D eigenvalue weighted by Gasteiger charge is -2.17. The molecular formula is C10H18ClNO2. The van der Waals surface area contributed by atoms with Gasteiger partial charge in [-0.1, -0.05) is 20.8 Å². The molecule has 1 atom stereocenters. The molecule has 0 aromatic rings. The van der Waals surface area contributed by atoms with Crippen LogP contribution in [0, 0.1) is 5.92 Å². The van der Waals surface area contributed by atoms with Gasteiger partial charge < -0.3 is 5.32 Å². The van der Waals surface area contributed by atoms with Crippen molar-refractivity contribution in [2.24, 2.45) is 5.92 Å². The minimum Gasteiger partial charge on any atom is -0.345 e. The molecule has 0 aromatic heterocycles. The molecule has 0 rings (SSSR count). The quantitative estimate of drug-likeness (QED) is 0.696. The van der Waals surface area contributed by atoms with Gasteiger partial charge in [-0.3, -0.25) is 9.59 Å². The Balaban J connectivity index is 4.20. The van der Waals surface area contributed by atoms with Gasteiger partial charge in [0.15, 0.2) is 0 Å². The van der Waals surface area contributed by atoms with Crippen molar-refractivity contribution < 1.29 is 9.59 Å². The molecule has 0 aliphatic carbocycles. The Bertz CT molecular complexity index is 202. The molecule has 1 unspecified atom stereocenters. The first-order valence-electron chi connectivity index (χ1n) is 5.06. The van der Waals surface area contributed by atoms with Gasteiger partial charge in [-0.2, -0.15) is 0 Å². The third-order valence-corrected chi connectivity index (χ3v) is 2.62. The zero-order valence-corrected chi connectivity index (χ0v) is 9.73. The molecule has 0 aliphatic heterocycles. The van der Waals surface area contributed by atoms with Crippen LogP contribution in [0.5, 0.6) is 0 Å². The first-order valence-corrected chi connectivity index (χ1v) is 5.44. The van der Waals surface area contributed by atoms with Crippen LogP contribution in [0.3, 0.4) is 0 Å². The molecule has 82 valence electrons. The van der Waals surface area contributed by atoms with E-state index in [-0.39, 0.29) is 11.8 Å². The van der Waals surface area contributed by atoms with Crippen LogP contribution >= 0.6 is 11.6 Å². The number of halogens is 1. The summed E-state index contributed by atoms with van der Waals surface area (Å²) in [6.07, 6.45) is 2.11. The largest absolute Gasteiger partial charge is 0.345 e. The van der Waals surface area contributed by atoms with E-state index in [2.05, 4.69) is 5.32 Å². The fourth-order valence-electron chi connectivity index (χ4n) is 1.27. The van der Waals surface area contributed by atoms with Crippen LogP contribution in [0.15, 0.2) is 0 Å². The maximum Gasteiger partial charge on any atom is 0.243 e. The van der Waals surface area contributed by atoms with Gasteiger partial charge in [0.1, 0.15) is 6.04 Å². The van der Waals surface area contributed by atoms with E-state index in [1.807, 2.05) is 20.8 Å². The summed E-state index contributed by atoms with van der Waals surface area (Å²) in [6.45, 7) is 5.73. The van der Waals surface area contributed by atoms with Gasteiger partial charge in [-0.25, -0.2) is 0 Å². The Kier molecular flexibility index (Phi) is 6.54. The van der Waals surface area contributed by atoms with Crippen LogP contribution in [-0.4, -0.2) is 17.2 Å². The van der Waals surface area contributed by atoms with Crippen molar-refractivity contribution in [3.05, 3.63) is 0 Å². The highest BCUT2D eigenvalue weighted by Gasteiger charge is 2.20. The average Bonchev–Trinajstić information content (AvgIpc) is 2.15. The molecule has 3 nitrogen and oxygen atoms in total. The van der Waals surface area contributed by atoms with Crippen molar-refractivity contribution in [3.8, 4) is 0 Å². The van der Waals surface area contributed by atoms with Gasteiger partial charge in [-0.15, -0.1) is 0 Å². The summed E-state index contributed by atoms with van der Waals surface area (Å²) in [6, 6.07) is -0.537. The summed E-state index contributed by atoms with van der Waals surface area (Å²) in [5, 5.41) is 2.15. The van der Waals surface area contributed by atoms with E-state index in [4.69, 9.17) is 11.6 Å². The van der Waals surface area contributed by atoms with E-state index in [1.54, 1.807) is 0 Å². The predicted octanol–water partition coefficient (Wildman–Crippen LogP) is 2.08. The molecule has 1 N–H and O–H groups in total. The normalized spacial score (nSPS) is 12.6. The highest BCUT2D eigenvalue weighted by Crippen LogP contribution is 2.08. The number of nitrogens with one attached hydrogen (secondary N) is 1. The number of carbonyl (C=O) groups is 2. The Labute approximate surface area is 90.2 Å². The second-order valence-corrected chi connectivity index (χ2v) is 3.66. The van der Waals surface area contributed by atoms with E-state index < -0.39 is 11.3 Å². The fourth-order valence-corrected chi connectivity index (χ4v) is 1.48. The molecule has 14 heavy (non-hydrogen) atoms. The number of hydrogen-bond acceptors (Lipinski definition) is 2. The molecule has 1 amide bonds. The first-order chi connectivity index (χ1) is 6.56. The third-order valence-electron chi connectivity index (χ3n) is 2.36. The Morgan fingerprint density at radius 1 is 1.14 bits per heavy atom. The molecule has 0 fully saturated rings. The highest BCUT2D eigenvalue weighted by atomic mass is 35.5. The topological polar surface area (TPSA) is 46.2 Å². The third kappa shape index (κ3) is 4.09. The molecule has 0 heterocycles. The maximum atomic E-state index is 11.6. The molecule has 0 aromatic carbocycles. The van der Waals surface area contributed by atoms with Gasteiger partial charge >= 0.3 is 0 Å². The molecule has 0 saturated heterocycles. The molecule has 4 heteroatoms. The lowest BCUT2D eigenvalue weighted by molar-refractivity contribution is -0.128. The first kappa shape index (κ1) is 13.4. The molecule has 0 bridgehead atoms. The van der Waals surface area contributed by atoms with Gasteiger partial charge in [0.2, 0.25) is 11.1 Å². The summed E-state index contributed by atoms with van der Waals surface area (Å²) < 4.78 is 0. The highest BCUT2D eigenvalue weighted by molar-refractivity contribution is 6.64. The predicted molar refractivity (Wildman–Crippen MR) is 57.2 cm³/mol. The summed E-state index contributed by atoms with van der Waals surface area (Å²) >= 11 is 5.33. The summed E-state index contributed by atoms with van der Waals surface area (Å²) in [5.74, 6) is -0.0871. The zero-order valence-electron chi connectivity index (χ0n) is 8.97. The number of hydrogen-bond donors (Lipinski definition) is 1. The van der Waals surface area contributed by atoms with Crippen molar-refractivity contribution in [1.82, 2.24) is 5.32 Å². The molecule has 0 spiro atoms. The lowest BCUT2D eigenvalue weighted by Crippen LogP contribution is -2.41. The second kappa shape index (κ2) is 6.82. The Hall–Kier alpha value is -0.570. The molecule has 0 saturated carbocycles. The van der Waals surface area contributed by atoms with Gasteiger partial charge in [0.25, 0.3) is 0 Å². The monoisotopic (exact) mass is 219 g/mol. The van der Waals surface area contributed by atoms with Crippen molar-refractivity contribution in [1.29, 1.82) is 0 Å². The summed E-state index contributed by atoms with van der Waals surface area (Å²) in [7, 11) is 0. The zero-order chi connectivity index (χ0) is 11.1. The van der Waals surface area contributed by atoms with Crippen molar-refractivity contribution in [2.45, 2.75) is 46.1 Å². The van der Waals surface area contributed by atoms with Crippen LogP contribution in [0.2, 0.25) is 0 Å². The molecule has 0 aliphatic rings. The van der Waals surface area contributed by atoms with E-state index in [0.717, 1.165) is 12.8 Å². The minimum absolute atomic E-state index is 0.0138. The van der Waals surface area contributed by atoms with E-state index in [1.165, 1.54) is 0 Å². The minimum atomic E-state index is -0.537. The van der Waals surface area contributed by atoms with E-state index in [9.17, 15) is 9.59 Å². The smallest absolute Gasteiger partial charge is 0.243 e. The van der Waals surface area contributed by atoms with Crippen molar-refractivity contribution >= 4 is 22.8 Å². The average molecular weight is 220 g/mol. The number of carbonyl (C=O) groups excluding carboxylic acids is 2. The van der Waals surface area contributed by atoms with Crippen molar-refractivity contribution in [3.63, 3.8) is 0 Å². The second-order valence-electron chi connectivity index (χ2n) is 3.29. The Morgan fingerprint density at radius 3 is 1.93 bits per heavy atom. The maximum absolute atomic E-state index is 11.6. The lowest BCUT2D eigenvalue weighted by atomic mass is 10.0. The standard InChI is InChI=1S/C10H18ClNO2/c1-4-7(5-2)10(14)12-8(6-3)9(11)13/h7-8H,4-6H2,1-3H3,(H,12,14). The van der Waals surface area contributed by atoms with Crippen LogP contribution in [-0.2, 0) is 9.59 Å². The number of amides is 1. The van der Waals surface area contributed by atoms with Gasteiger partial charge in [-0.05, 0) is 30.9 Å². The summed E-state index contributed by atoms with van der Waals surface area (Å²) in [5.41, 5.74) is 0. The fraction of sp³-hybridized carbons (Fsp3) is 0.800. The van der Waals surface area contributed by atoms with Crippen LogP contribution in [0.25, 0.3) is 0 Å². The molecule has 0 radical (unpaired) electrons. The van der Waals surface area contributed by atoms with Crippen molar-refractivity contribution in [2.75, 3.05) is 0 Å². The SMILES string of the molecule is CCC(CC)C(=O)NC(CC)C(=O)Cl. The van der Waals surface area contributed by atoms with Crippen LogP contribution < -0.4 is 5.32 Å². The molecular weight excluding hydrogens is 202 g/mol.